The first-order chi connectivity index (χ1) is 9.67. The lowest BCUT2D eigenvalue weighted by Gasteiger charge is -2.19. The summed E-state index contributed by atoms with van der Waals surface area (Å²) in [6, 6.07) is 2.18. The Balaban J connectivity index is 1.72. The van der Waals surface area contributed by atoms with Crippen LogP contribution in [-0.4, -0.2) is 50.1 Å². The summed E-state index contributed by atoms with van der Waals surface area (Å²) in [5.41, 5.74) is 1.25. The minimum Gasteiger partial charge on any atom is -0.468 e. The summed E-state index contributed by atoms with van der Waals surface area (Å²) < 4.78 is 5.66. The van der Waals surface area contributed by atoms with Crippen LogP contribution in [0.15, 0.2) is 16.7 Å². The topological polar surface area (TPSA) is 31.7 Å². The van der Waals surface area contributed by atoms with E-state index in [1.807, 2.05) is 6.26 Å². The number of furan rings is 1. The molecule has 1 fully saturated rings. The summed E-state index contributed by atoms with van der Waals surface area (Å²) in [5, 5.41) is 3.40. The van der Waals surface area contributed by atoms with Crippen molar-refractivity contribution in [3.63, 3.8) is 0 Å². The van der Waals surface area contributed by atoms with Crippen LogP contribution in [-0.2, 0) is 13.1 Å². The maximum absolute atomic E-state index is 5.66. The van der Waals surface area contributed by atoms with Crippen molar-refractivity contribution in [2.75, 3.05) is 40.3 Å². The van der Waals surface area contributed by atoms with E-state index in [1.165, 1.54) is 31.5 Å². The highest BCUT2D eigenvalue weighted by atomic mass is 16.3. The highest BCUT2D eigenvalue weighted by Crippen LogP contribution is 2.17. The Morgan fingerprint density at radius 3 is 3.05 bits per heavy atom. The van der Waals surface area contributed by atoms with Crippen molar-refractivity contribution in [2.24, 2.45) is 5.92 Å². The van der Waals surface area contributed by atoms with Crippen molar-refractivity contribution in [1.29, 1.82) is 0 Å². The molecule has 0 saturated carbocycles. The molecule has 1 aliphatic heterocycles. The summed E-state index contributed by atoms with van der Waals surface area (Å²) >= 11 is 0. The standard InChI is InChI=1S/C16H29N3O/c1-4-6-17-9-15-8-16(20-13-15)12-19(3)11-14-5-7-18(2)10-14/h8,13-14,17H,4-7,9-12H2,1-3H3. The zero-order chi connectivity index (χ0) is 14.4. The van der Waals surface area contributed by atoms with E-state index in [1.54, 1.807) is 0 Å². The minimum absolute atomic E-state index is 0.811. The first-order valence-electron chi connectivity index (χ1n) is 7.81. The summed E-state index contributed by atoms with van der Waals surface area (Å²) in [4.78, 5) is 4.80. The highest BCUT2D eigenvalue weighted by Gasteiger charge is 2.20. The second-order valence-corrected chi connectivity index (χ2v) is 6.21. The van der Waals surface area contributed by atoms with Gasteiger partial charge in [0.05, 0.1) is 12.8 Å². The van der Waals surface area contributed by atoms with E-state index in [0.29, 0.717) is 0 Å². The van der Waals surface area contributed by atoms with E-state index in [4.69, 9.17) is 4.42 Å². The molecule has 0 aromatic carbocycles. The molecule has 0 amide bonds. The van der Waals surface area contributed by atoms with E-state index < -0.39 is 0 Å². The Kier molecular flexibility index (Phi) is 6.07. The molecule has 114 valence electrons. The maximum Gasteiger partial charge on any atom is 0.118 e. The summed E-state index contributed by atoms with van der Waals surface area (Å²) in [6.07, 6.45) is 4.38. The fourth-order valence-electron chi connectivity index (χ4n) is 2.96. The second kappa shape index (κ2) is 7.81. The van der Waals surface area contributed by atoms with Crippen molar-refractivity contribution in [3.8, 4) is 0 Å². The van der Waals surface area contributed by atoms with Crippen LogP contribution in [0.3, 0.4) is 0 Å². The van der Waals surface area contributed by atoms with Crippen LogP contribution in [0.5, 0.6) is 0 Å². The number of nitrogens with zero attached hydrogens (tertiary/aromatic N) is 2. The summed E-state index contributed by atoms with van der Waals surface area (Å²) in [7, 11) is 4.40. The Morgan fingerprint density at radius 1 is 1.50 bits per heavy atom. The molecule has 1 aliphatic rings. The predicted octanol–water partition coefficient (Wildman–Crippen LogP) is 2.16. The molecule has 1 atom stereocenters. The Bertz CT molecular complexity index is 391. The average molecular weight is 279 g/mol. The Hall–Kier alpha value is -0.840. The molecule has 1 unspecified atom stereocenters. The largest absolute Gasteiger partial charge is 0.468 e. The minimum atomic E-state index is 0.811. The van der Waals surface area contributed by atoms with Gasteiger partial charge in [-0.05, 0) is 52.0 Å². The van der Waals surface area contributed by atoms with Crippen LogP contribution in [0.2, 0.25) is 0 Å². The molecule has 0 bridgehead atoms. The zero-order valence-electron chi connectivity index (χ0n) is 13.2. The van der Waals surface area contributed by atoms with Crippen LogP contribution >= 0.6 is 0 Å². The Labute approximate surface area is 123 Å². The third-order valence-electron chi connectivity index (χ3n) is 3.95. The lowest BCUT2D eigenvalue weighted by Crippen LogP contribution is -2.26. The van der Waals surface area contributed by atoms with Crippen LogP contribution in [0.4, 0.5) is 0 Å². The van der Waals surface area contributed by atoms with E-state index >= 15 is 0 Å². The molecular weight excluding hydrogens is 250 g/mol. The van der Waals surface area contributed by atoms with Crippen molar-refractivity contribution in [3.05, 3.63) is 23.7 Å². The average Bonchev–Trinajstić information content (AvgIpc) is 2.99. The Morgan fingerprint density at radius 2 is 2.35 bits per heavy atom. The van der Waals surface area contributed by atoms with Gasteiger partial charge in [-0.1, -0.05) is 6.92 Å². The van der Waals surface area contributed by atoms with Crippen molar-refractivity contribution in [1.82, 2.24) is 15.1 Å². The van der Waals surface area contributed by atoms with Gasteiger partial charge < -0.3 is 14.6 Å². The highest BCUT2D eigenvalue weighted by molar-refractivity contribution is 5.12. The normalized spacial score (nSPS) is 20.1. The fraction of sp³-hybridized carbons (Fsp3) is 0.750. The van der Waals surface area contributed by atoms with Gasteiger partial charge in [0, 0.05) is 25.2 Å². The van der Waals surface area contributed by atoms with Gasteiger partial charge in [0.25, 0.3) is 0 Å². The van der Waals surface area contributed by atoms with Gasteiger partial charge in [0.1, 0.15) is 5.76 Å². The molecule has 4 heteroatoms. The third-order valence-corrected chi connectivity index (χ3v) is 3.95. The fourth-order valence-corrected chi connectivity index (χ4v) is 2.96. The first-order valence-corrected chi connectivity index (χ1v) is 7.81. The lowest BCUT2D eigenvalue weighted by atomic mass is 10.1. The van der Waals surface area contributed by atoms with Gasteiger partial charge in [-0.3, -0.25) is 4.90 Å². The van der Waals surface area contributed by atoms with Crippen LogP contribution in [0.1, 0.15) is 31.1 Å². The van der Waals surface area contributed by atoms with E-state index in [-0.39, 0.29) is 0 Å². The van der Waals surface area contributed by atoms with Crippen molar-refractivity contribution in [2.45, 2.75) is 32.9 Å². The van der Waals surface area contributed by atoms with Gasteiger partial charge >= 0.3 is 0 Å². The van der Waals surface area contributed by atoms with E-state index in [9.17, 15) is 0 Å². The third kappa shape index (κ3) is 4.93. The number of nitrogens with one attached hydrogen (secondary N) is 1. The maximum atomic E-state index is 5.66. The molecule has 20 heavy (non-hydrogen) atoms. The molecule has 2 heterocycles. The summed E-state index contributed by atoms with van der Waals surface area (Å²) in [5.74, 6) is 1.89. The molecule has 0 aliphatic carbocycles. The van der Waals surface area contributed by atoms with E-state index in [2.05, 4.69) is 42.2 Å². The first kappa shape index (κ1) is 15.5. The van der Waals surface area contributed by atoms with Crippen LogP contribution < -0.4 is 5.32 Å². The molecule has 0 spiro atoms. The predicted molar refractivity (Wildman–Crippen MR) is 82.6 cm³/mol. The summed E-state index contributed by atoms with van der Waals surface area (Å²) in [6.45, 7) is 8.71. The van der Waals surface area contributed by atoms with Gasteiger partial charge in [-0.25, -0.2) is 0 Å². The molecule has 0 radical (unpaired) electrons. The molecule has 4 nitrogen and oxygen atoms in total. The van der Waals surface area contributed by atoms with Gasteiger partial charge in [0.15, 0.2) is 0 Å². The van der Waals surface area contributed by atoms with E-state index in [0.717, 1.165) is 37.9 Å². The van der Waals surface area contributed by atoms with Crippen LogP contribution in [0, 0.1) is 5.92 Å². The number of hydrogen-bond donors (Lipinski definition) is 1. The number of rotatable bonds is 8. The lowest BCUT2D eigenvalue weighted by molar-refractivity contribution is 0.249. The van der Waals surface area contributed by atoms with Crippen molar-refractivity contribution < 1.29 is 4.42 Å². The van der Waals surface area contributed by atoms with Gasteiger partial charge in [0.2, 0.25) is 0 Å². The molecule has 1 saturated heterocycles. The molecule has 1 N–H and O–H groups in total. The smallest absolute Gasteiger partial charge is 0.118 e. The number of hydrogen-bond acceptors (Lipinski definition) is 4. The van der Waals surface area contributed by atoms with Gasteiger partial charge in [-0.2, -0.15) is 0 Å². The zero-order valence-corrected chi connectivity index (χ0v) is 13.2. The van der Waals surface area contributed by atoms with Gasteiger partial charge in [-0.15, -0.1) is 0 Å². The molecule has 1 aromatic heterocycles. The monoisotopic (exact) mass is 279 g/mol. The van der Waals surface area contributed by atoms with Crippen LogP contribution in [0.25, 0.3) is 0 Å². The quantitative estimate of drug-likeness (QED) is 0.739. The molecule has 2 rings (SSSR count). The SMILES string of the molecule is CCCNCc1coc(CN(C)CC2CCN(C)C2)c1. The second-order valence-electron chi connectivity index (χ2n) is 6.21. The van der Waals surface area contributed by atoms with Crippen molar-refractivity contribution >= 4 is 0 Å². The molecular formula is C16H29N3O. The molecule has 1 aromatic rings. The number of likely N-dealkylation sites (tertiary alicyclic amines) is 1.